The molecule has 0 amide bonds. The van der Waals surface area contributed by atoms with E-state index in [2.05, 4.69) is 0 Å². The van der Waals surface area contributed by atoms with E-state index in [0.29, 0.717) is 6.61 Å². The van der Waals surface area contributed by atoms with Crippen LogP contribution in [0.2, 0.25) is 0 Å². The zero-order valence-electron chi connectivity index (χ0n) is 13.3. The lowest BCUT2D eigenvalue weighted by atomic mass is 10.3. The molecule has 0 radical (unpaired) electrons. The van der Waals surface area contributed by atoms with Crippen LogP contribution in [-0.4, -0.2) is 60.3 Å². The van der Waals surface area contributed by atoms with E-state index in [1.807, 2.05) is 20.8 Å². The summed E-state index contributed by atoms with van der Waals surface area (Å²) in [5.41, 5.74) is 0. The summed E-state index contributed by atoms with van der Waals surface area (Å²) in [5, 5.41) is 23.5. The molecule has 0 saturated carbocycles. The van der Waals surface area contributed by atoms with Crippen LogP contribution < -0.4 is 0 Å². The SMILES string of the molecule is CCCCOC(=O)CCC(=O)O.CCOCC.OCCO. The molecule has 21 heavy (non-hydrogen) atoms. The van der Waals surface area contributed by atoms with E-state index in [9.17, 15) is 9.59 Å². The Morgan fingerprint density at radius 1 is 0.952 bits per heavy atom. The number of aliphatic hydroxyl groups is 2. The third kappa shape index (κ3) is 38.1. The van der Waals surface area contributed by atoms with Gasteiger partial charge < -0.3 is 24.8 Å². The van der Waals surface area contributed by atoms with Crippen molar-refractivity contribution < 1.29 is 34.4 Å². The van der Waals surface area contributed by atoms with Crippen LogP contribution in [0.4, 0.5) is 0 Å². The molecule has 128 valence electrons. The molecule has 0 unspecified atom stereocenters. The number of hydrogen-bond acceptors (Lipinski definition) is 6. The van der Waals surface area contributed by atoms with Gasteiger partial charge in [-0.1, -0.05) is 13.3 Å². The first-order valence-corrected chi connectivity index (χ1v) is 7.16. The standard InChI is InChI=1S/C8H14O4.C4H10O.C2H6O2/c1-2-3-6-12-8(11)5-4-7(9)10;1-3-5-4-2;3-1-2-4/h2-6H2,1H3,(H,9,10);3-4H2,1-2H3;3-4H,1-2H2. The average molecular weight is 310 g/mol. The van der Waals surface area contributed by atoms with Crippen LogP contribution in [0.25, 0.3) is 0 Å². The molecular formula is C14H30O7. The number of esters is 1. The molecule has 0 spiro atoms. The minimum absolute atomic E-state index is 0.0287. The second kappa shape index (κ2) is 23.9. The molecule has 0 bridgehead atoms. The molecule has 0 aromatic heterocycles. The lowest BCUT2D eigenvalue weighted by Crippen LogP contribution is -2.08. The van der Waals surface area contributed by atoms with Gasteiger partial charge in [0.2, 0.25) is 0 Å². The quantitative estimate of drug-likeness (QED) is 0.433. The van der Waals surface area contributed by atoms with Crippen molar-refractivity contribution in [3.8, 4) is 0 Å². The average Bonchev–Trinajstić information content (AvgIpc) is 2.47. The van der Waals surface area contributed by atoms with Crippen LogP contribution in [0.1, 0.15) is 46.5 Å². The molecule has 0 aromatic rings. The van der Waals surface area contributed by atoms with Crippen molar-refractivity contribution in [2.24, 2.45) is 0 Å². The molecule has 0 aliphatic carbocycles. The Balaban J connectivity index is -0.000000297. The number of aliphatic carboxylic acids is 1. The van der Waals surface area contributed by atoms with E-state index in [1.165, 1.54) is 0 Å². The Labute approximate surface area is 126 Å². The largest absolute Gasteiger partial charge is 0.481 e. The Kier molecular flexibility index (Phi) is 28.2. The zero-order chi connectivity index (χ0) is 16.9. The molecule has 0 fully saturated rings. The summed E-state index contributed by atoms with van der Waals surface area (Å²) in [5.74, 6) is -1.40. The summed E-state index contributed by atoms with van der Waals surface area (Å²) in [6, 6.07) is 0. The van der Waals surface area contributed by atoms with E-state index in [-0.39, 0.29) is 26.1 Å². The second-order valence-corrected chi connectivity index (χ2v) is 3.70. The molecule has 0 heterocycles. The molecule has 0 atom stereocenters. The molecule has 0 aliphatic rings. The zero-order valence-corrected chi connectivity index (χ0v) is 13.3. The summed E-state index contributed by atoms with van der Waals surface area (Å²) in [6.45, 7) is 7.81. The maximum absolute atomic E-state index is 10.7. The Morgan fingerprint density at radius 2 is 1.48 bits per heavy atom. The van der Waals surface area contributed by atoms with E-state index in [1.54, 1.807) is 0 Å². The number of carboxylic acids is 1. The van der Waals surface area contributed by atoms with Gasteiger partial charge in [-0.05, 0) is 20.3 Å². The van der Waals surface area contributed by atoms with E-state index >= 15 is 0 Å². The first-order chi connectivity index (χ1) is 9.99. The van der Waals surface area contributed by atoms with E-state index in [0.717, 1.165) is 26.1 Å². The molecule has 0 aliphatic heterocycles. The van der Waals surface area contributed by atoms with E-state index < -0.39 is 11.9 Å². The molecule has 0 aromatic carbocycles. The normalized spacial score (nSPS) is 8.81. The Morgan fingerprint density at radius 3 is 1.76 bits per heavy atom. The van der Waals surface area contributed by atoms with Gasteiger partial charge in [0, 0.05) is 13.2 Å². The van der Waals surface area contributed by atoms with Gasteiger partial charge in [-0.25, -0.2) is 0 Å². The third-order valence-corrected chi connectivity index (χ3v) is 1.81. The fourth-order valence-corrected chi connectivity index (χ4v) is 0.816. The molecule has 7 heteroatoms. The summed E-state index contributed by atoms with van der Waals surface area (Å²) >= 11 is 0. The van der Waals surface area contributed by atoms with Gasteiger partial charge in [0.25, 0.3) is 0 Å². The van der Waals surface area contributed by atoms with Gasteiger partial charge in [0.05, 0.1) is 32.7 Å². The fraction of sp³-hybridized carbons (Fsp3) is 0.857. The van der Waals surface area contributed by atoms with Crippen LogP contribution >= 0.6 is 0 Å². The topological polar surface area (TPSA) is 113 Å². The molecule has 0 saturated heterocycles. The second-order valence-electron chi connectivity index (χ2n) is 3.70. The summed E-state index contributed by atoms with van der Waals surface area (Å²) in [4.78, 5) is 20.8. The first-order valence-electron chi connectivity index (χ1n) is 7.16. The Bertz CT molecular complexity index is 215. The smallest absolute Gasteiger partial charge is 0.306 e. The van der Waals surface area contributed by atoms with Crippen LogP contribution in [0.5, 0.6) is 0 Å². The maximum atomic E-state index is 10.7. The monoisotopic (exact) mass is 310 g/mol. The molecule has 7 nitrogen and oxygen atoms in total. The number of carbonyl (C=O) groups is 2. The van der Waals surface area contributed by atoms with Gasteiger partial charge in [0.15, 0.2) is 0 Å². The molecule has 0 rings (SSSR count). The highest BCUT2D eigenvalue weighted by molar-refractivity contribution is 5.76. The van der Waals surface area contributed by atoms with Crippen molar-refractivity contribution >= 4 is 11.9 Å². The van der Waals surface area contributed by atoms with Crippen LogP contribution in [0, 0.1) is 0 Å². The minimum atomic E-state index is -0.970. The van der Waals surface area contributed by atoms with Gasteiger partial charge in [0.1, 0.15) is 0 Å². The van der Waals surface area contributed by atoms with Crippen molar-refractivity contribution in [3.05, 3.63) is 0 Å². The lowest BCUT2D eigenvalue weighted by molar-refractivity contribution is -0.147. The fourth-order valence-electron chi connectivity index (χ4n) is 0.816. The number of hydrogen-bond donors (Lipinski definition) is 3. The highest BCUT2D eigenvalue weighted by atomic mass is 16.5. The predicted molar refractivity (Wildman–Crippen MR) is 79.1 cm³/mol. The third-order valence-electron chi connectivity index (χ3n) is 1.81. The maximum Gasteiger partial charge on any atom is 0.306 e. The number of carboxylic acid groups (broad SMARTS) is 1. The predicted octanol–water partition coefficient (Wildman–Crippen LogP) is 1.21. The molecular weight excluding hydrogens is 280 g/mol. The summed E-state index contributed by atoms with van der Waals surface area (Å²) < 4.78 is 9.56. The highest BCUT2D eigenvalue weighted by Gasteiger charge is 2.05. The summed E-state index contributed by atoms with van der Waals surface area (Å²) in [6.07, 6.45) is 1.62. The van der Waals surface area contributed by atoms with Crippen molar-refractivity contribution in [1.82, 2.24) is 0 Å². The lowest BCUT2D eigenvalue weighted by Gasteiger charge is -2.01. The Hall–Kier alpha value is -1.18. The van der Waals surface area contributed by atoms with Gasteiger partial charge in [-0.15, -0.1) is 0 Å². The number of rotatable bonds is 9. The van der Waals surface area contributed by atoms with E-state index in [4.69, 9.17) is 24.8 Å². The number of ether oxygens (including phenoxy) is 2. The van der Waals surface area contributed by atoms with Crippen molar-refractivity contribution in [3.63, 3.8) is 0 Å². The van der Waals surface area contributed by atoms with Crippen LogP contribution in [0.15, 0.2) is 0 Å². The number of unbranched alkanes of at least 4 members (excludes halogenated alkanes) is 1. The van der Waals surface area contributed by atoms with Gasteiger partial charge in [-0.2, -0.15) is 0 Å². The summed E-state index contributed by atoms with van der Waals surface area (Å²) in [7, 11) is 0. The van der Waals surface area contributed by atoms with Crippen molar-refractivity contribution in [2.45, 2.75) is 46.5 Å². The first kappa shape index (κ1) is 24.8. The van der Waals surface area contributed by atoms with Crippen LogP contribution in [0.3, 0.4) is 0 Å². The number of aliphatic hydroxyl groups excluding tert-OH is 2. The minimum Gasteiger partial charge on any atom is -0.481 e. The van der Waals surface area contributed by atoms with Crippen molar-refractivity contribution in [1.29, 1.82) is 0 Å². The van der Waals surface area contributed by atoms with Crippen molar-refractivity contribution in [2.75, 3.05) is 33.0 Å². The highest BCUT2D eigenvalue weighted by Crippen LogP contribution is 1.95. The van der Waals surface area contributed by atoms with Gasteiger partial charge >= 0.3 is 11.9 Å². The molecule has 3 N–H and O–H groups in total. The van der Waals surface area contributed by atoms with Crippen LogP contribution in [-0.2, 0) is 19.1 Å². The number of carbonyl (C=O) groups excluding carboxylic acids is 1. The van der Waals surface area contributed by atoms with Gasteiger partial charge in [-0.3, -0.25) is 9.59 Å².